The second-order valence-electron chi connectivity index (χ2n) is 4.95. The van der Waals surface area contributed by atoms with E-state index in [1.54, 1.807) is 0 Å². The molecule has 2 N–H and O–H groups in total. The third kappa shape index (κ3) is 3.93. The Bertz CT molecular complexity index is 558. The van der Waals surface area contributed by atoms with Crippen LogP contribution in [0.15, 0.2) is 12.1 Å². The summed E-state index contributed by atoms with van der Waals surface area (Å²) in [6.45, 7) is 10.1. The van der Waals surface area contributed by atoms with Gasteiger partial charge in [-0.05, 0) is 38.8 Å². The standard InChI is InChI=1S/C15H22N4S/c1-5-6-16-15-18-11(3)8-14(19-15)17-9-13-7-10(2)12(4)20-13/h7-8H,5-6,9H2,1-4H3,(H2,16,17,18,19). The summed E-state index contributed by atoms with van der Waals surface area (Å²) in [5, 5.41) is 6.61. The van der Waals surface area contributed by atoms with E-state index in [4.69, 9.17) is 0 Å². The van der Waals surface area contributed by atoms with Gasteiger partial charge in [0.1, 0.15) is 5.82 Å². The van der Waals surface area contributed by atoms with Crippen molar-refractivity contribution in [3.8, 4) is 0 Å². The first kappa shape index (κ1) is 14.8. The molecule has 0 aliphatic heterocycles. The van der Waals surface area contributed by atoms with Gasteiger partial charge in [0.2, 0.25) is 5.95 Å². The Morgan fingerprint density at radius 1 is 1.10 bits per heavy atom. The van der Waals surface area contributed by atoms with E-state index >= 15 is 0 Å². The van der Waals surface area contributed by atoms with Crippen LogP contribution >= 0.6 is 11.3 Å². The highest BCUT2D eigenvalue weighted by molar-refractivity contribution is 7.12. The maximum atomic E-state index is 4.49. The fourth-order valence-corrected chi connectivity index (χ4v) is 2.88. The average Bonchev–Trinajstić information content (AvgIpc) is 2.73. The van der Waals surface area contributed by atoms with Gasteiger partial charge in [-0.15, -0.1) is 11.3 Å². The fourth-order valence-electron chi connectivity index (χ4n) is 1.89. The second kappa shape index (κ2) is 6.70. The Morgan fingerprint density at radius 2 is 1.90 bits per heavy atom. The van der Waals surface area contributed by atoms with Crippen molar-refractivity contribution in [2.24, 2.45) is 0 Å². The molecule has 0 radical (unpaired) electrons. The zero-order valence-electron chi connectivity index (χ0n) is 12.6. The molecule has 0 fully saturated rings. The minimum atomic E-state index is 0.702. The molecule has 0 aliphatic carbocycles. The largest absolute Gasteiger partial charge is 0.365 e. The Hall–Kier alpha value is -1.62. The van der Waals surface area contributed by atoms with Crippen LogP contribution in [0.25, 0.3) is 0 Å². The highest BCUT2D eigenvalue weighted by atomic mass is 32.1. The Labute approximate surface area is 124 Å². The summed E-state index contributed by atoms with van der Waals surface area (Å²) in [7, 11) is 0. The molecule has 0 unspecified atom stereocenters. The van der Waals surface area contributed by atoms with Gasteiger partial charge < -0.3 is 10.6 Å². The Kier molecular flexibility index (Phi) is 4.95. The minimum absolute atomic E-state index is 0.702. The number of hydrogen-bond donors (Lipinski definition) is 2. The van der Waals surface area contributed by atoms with Crippen molar-refractivity contribution < 1.29 is 0 Å². The monoisotopic (exact) mass is 290 g/mol. The zero-order chi connectivity index (χ0) is 14.5. The topological polar surface area (TPSA) is 49.8 Å². The van der Waals surface area contributed by atoms with Crippen LogP contribution in [0.3, 0.4) is 0 Å². The first-order valence-corrected chi connectivity index (χ1v) is 7.79. The summed E-state index contributed by atoms with van der Waals surface area (Å²) in [4.78, 5) is 11.6. The molecule has 5 heteroatoms. The lowest BCUT2D eigenvalue weighted by molar-refractivity contribution is 0.944. The molecule has 0 atom stereocenters. The van der Waals surface area contributed by atoms with E-state index in [2.05, 4.69) is 47.4 Å². The fraction of sp³-hybridized carbons (Fsp3) is 0.467. The van der Waals surface area contributed by atoms with Crippen molar-refractivity contribution in [2.75, 3.05) is 17.2 Å². The van der Waals surface area contributed by atoms with Crippen molar-refractivity contribution in [3.63, 3.8) is 0 Å². The van der Waals surface area contributed by atoms with Gasteiger partial charge in [0, 0.05) is 28.1 Å². The minimum Gasteiger partial charge on any atom is -0.365 e. The molecular formula is C15H22N4S. The highest BCUT2D eigenvalue weighted by Crippen LogP contribution is 2.21. The smallest absolute Gasteiger partial charge is 0.224 e. The lowest BCUT2D eigenvalue weighted by Crippen LogP contribution is -2.08. The van der Waals surface area contributed by atoms with E-state index in [-0.39, 0.29) is 0 Å². The second-order valence-corrected chi connectivity index (χ2v) is 6.29. The van der Waals surface area contributed by atoms with Gasteiger partial charge >= 0.3 is 0 Å². The summed E-state index contributed by atoms with van der Waals surface area (Å²) in [6, 6.07) is 4.21. The molecule has 20 heavy (non-hydrogen) atoms. The zero-order valence-corrected chi connectivity index (χ0v) is 13.4. The molecule has 108 valence electrons. The summed E-state index contributed by atoms with van der Waals surface area (Å²) in [5.41, 5.74) is 2.33. The maximum absolute atomic E-state index is 4.49. The third-order valence-electron chi connectivity index (χ3n) is 3.05. The first-order valence-electron chi connectivity index (χ1n) is 6.98. The summed E-state index contributed by atoms with van der Waals surface area (Å²) < 4.78 is 0. The molecule has 0 spiro atoms. The van der Waals surface area contributed by atoms with Gasteiger partial charge in [0.25, 0.3) is 0 Å². The van der Waals surface area contributed by atoms with Gasteiger partial charge in [-0.3, -0.25) is 0 Å². The normalized spacial score (nSPS) is 10.6. The van der Waals surface area contributed by atoms with Crippen LogP contribution in [0.4, 0.5) is 11.8 Å². The number of aryl methyl sites for hydroxylation is 3. The van der Waals surface area contributed by atoms with Crippen molar-refractivity contribution in [2.45, 2.75) is 40.7 Å². The Balaban J connectivity index is 2.03. The Morgan fingerprint density at radius 3 is 2.55 bits per heavy atom. The molecule has 0 aliphatic rings. The van der Waals surface area contributed by atoms with Crippen LogP contribution < -0.4 is 10.6 Å². The van der Waals surface area contributed by atoms with Crippen molar-refractivity contribution in [1.82, 2.24) is 9.97 Å². The van der Waals surface area contributed by atoms with Gasteiger partial charge in [-0.1, -0.05) is 6.92 Å². The number of hydrogen-bond acceptors (Lipinski definition) is 5. The molecule has 0 aromatic carbocycles. The van der Waals surface area contributed by atoms with E-state index in [0.29, 0.717) is 5.95 Å². The first-order chi connectivity index (χ1) is 9.58. The summed E-state index contributed by atoms with van der Waals surface area (Å²) in [6.07, 6.45) is 1.06. The van der Waals surface area contributed by atoms with Crippen molar-refractivity contribution in [3.05, 3.63) is 33.1 Å². The molecule has 2 aromatic heterocycles. The van der Waals surface area contributed by atoms with Gasteiger partial charge in [0.15, 0.2) is 0 Å². The van der Waals surface area contributed by atoms with Crippen LogP contribution in [-0.2, 0) is 6.54 Å². The third-order valence-corrected chi connectivity index (χ3v) is 4.20. The molecule has 0 saturated carbocycles. The molecule has 2 rings (SSSR count). The number of nitrogens with one attached hydrogen (secondary N) is 2. The quantitative estimate of drug-likeness (QED) is 0.847. The lowest BCUT2D eigenvalue weighted by atomic mass is 10.3. The molecule has 2 aromatic rings. The van der Waals surface area contributed by atoms with E-state index in [1.165, 1.54) is 15.3 Å². The molecule has 0 saturated heterocycles. The van der Waals surface area contributed by atoms with Gasteiger partial charge in [0.05, 0.1) is 6.54 Å². The predicted molar refractivity (Wildman–Crippen MR) is 86.7 cm³/mol. The van der Waals surface area contributed by atoms with Gasteiger partial charge in [-0.2, -0.15) is 4.98 Å². The lowest BCUT2D eigenvalue weighted by Gasteiger charge is -2.08. The van der Waals surface area contributed by atoms with Crippen LogP contribution in [0, 0.1) is 20.8 Å². The number of thiophene rings is 1. The molecule has 0 amide bonds. The number of aromatic nitrogens is 2. The van der Waals surface area contributed by atoms with Crippen LogP contribution in [-0.4, -0.2) is 16.5 Å². The van der Waals surface area contributed by atoms with E-state index < -0.39 is 0 Å². The van der Waals surface area contributed by atoms with E-state index in [9.17, 15) is 0 Å². The number of anilines is 2. The molecular weight excluding hydrogens is 268 g/mol. The average molecular weight is 290 g/mol. The van der Waals surface area contributed by atoms with E-state index in [0.717, 1.165) is 31.0 Å². The van der Waals surface area contributed by atoms with Crippen molar-refractivity contribution >= 4 is 23.1 Å². The van der Waals surface area contributed by atoms with Crippen LogP contribution in [0.2, 0.25) is 0 Å². The van der Waals surface area contributed by atoms with Crippen LogP contribution in [0.5, 0.6) is 0 Å². The maximum Gasteiger partial charge on any atom is 0.224 e. The van der Waals surface area contributed by atoms with Crippen molar-refractivity contribution in [1.29, 1.82) is 0 Å². The highest BCUT2D eigenvalue weighted by Gasteiger charge is 2.04. The molecule has 0 bridgehead atoms. The summed E-state index contributed by atoms with van der Waals surface area (Å²) >= 11 is 1.83. The number of rotatable bonds is 6. The predicted octanol–water partition coefficient (Wildman–Crippen LogP) is 3.90. The summed E-state index contributed by atoms with van der Waals surface area (Å²) in [5.74, 6) is 1.58. The molecule has 4 nitrogen and oxygen atoms in total. The SMILES string of the molecule is CCCNc1nc(C)cc(NCc2cc(C)c(C)s2)n1. The van der Waals surface area contributed by atoms with Gasteiger partial charge in [-0.25, -0.2) is 4.98 Å². The van der Waals surface area contributed by atoms with E-state index in [1.807, 2.05) is 24.3 Å². The number of nitrogens with zero attached hydrogens (tertiary/aromatic N) is 2. The molecule has 2 heterocycles. The van der Waals surface area contributed by atoms with Crippen LogP contribution in [0.1, 0.15) is 34.4 Å².